The summed E-state index contributed by atoms with van der Waals surface area (Å²) < 4.78 is 11.9. The summed E-state index contributed by atoms with van der Waals surface area (Å²) in [6.45, 7) is 6.79. The Morgan fingerprint density at radius 3 is 2.36 bits per heavy atom. The summed E-state index contributed by atoms with van der Waals surface area (Å²) in [4.78, 5) is 9.96. The zero-order valence-corrected chi connectivity index (χ0v) is 25.1. The molecule has 8 rings (SSSR count). The van der Waals surface area contributed by atoms with Crippen LogP contribution in [0.25, 0.3) is 49.6 Å². The molecule has 0 radical (unpaired) electrons. The maximum atomic E-state index is 6.92. The fraction of sp³-hybridized carbons (Fsp3) is 0.118. The molecule has 0 aliphatic carbocycles. The fourth-order valence-electron chi connectivity index (χ4n) is 5.82. The van der Waals surface area contributed by atoms with E-state index < -0.39 is 23.6 Å². The number of rotatable bonds is 1. The van der Waals surface area contributed by atoms with Gasteiger partial charge < -0.3 is 0 Å². The summed E-state index contributed by atoms with van der Waals surface area (Å²) >= 11 is -1.32. The zero-order chi connectivity index (χ0) is 26.3. The van der Waals surface area contributed by atoms with Crippen LogP contribution < -0.4 is 11.2 Å². The van der Waals surface area contributed by atoms with E-state index in [-0.39, 0.29) is 5.41 Å². The van der Waals surface area contributed by atoms with Gasteiger partial charge >= 0.3 is 239 Å². The molecule has 3 aromatic heterocycles. The molecule has 0 N–H and O–H groups in total. The third-order valence-corrected chi connectivity index (χ3v) is 12.4. The molecule has 39 heavy (non-hydrogen) atoms. The molecular weight excluding hydrogens is 675 g/mol. The first-order valence-corrected chi connectivity index (χ1v) is 16.4. The number of benzene rings is 4. The van der Waals surface area contributed by atoms with Crippen molar-refractivity contribution in [1.82, 2.24) is 14.4 Å². The van der Waals surface area contributed by atoms with Gasteiger partial charge in [0.25, 0.3) is 0 Å². The van der Waals surface area contributed by atoms with Gasteiger partial charge in [-0.1, -0.05) is 0 Å². The molecule has 0 saturated carbocycles. The molecule has 0 saturated heterocycles. The molecule has 4 nitrogen and oxygen atoms in total. The molecule has 0 spiro atoms. The molecule has 4 heterocycles. The van der Waals surface area contributed by atoms with Crippen LogP contribution in [0.15, 0.2) is 97.2 Å². The Bertz CT molecular complexity index is 2110. The van der Waals surface area contributed by atoms with E-state index in [1.807, 2.05) is 12.3 Å². The number of para-hydroxylation sites is 3. The van der Waals surface area contributed by atoms with Crippen LogP contribution in [-0.4, -0.2) is 37.9 Å². The van der Waals surface area contributed by atoms with Crippen molar-refractivity contribution < 1.29 is 4.74 Å². The second-order valence-corrected chi connectivity index (χ2v) is 15.0. The summed E-state index contributed by atoms with van der Waals surface area (Å²) in [6, 6.07) is 32.2. The molecule has 7 aromatic rings. The number of imidazole rings is 1. The van der Waals surface area contributed by atoms with Crippen molar-refractivity contribution in [2.45, 2.75) is 26.2 Å². The van der Waals surface area contributed by atoms with Crippen molar-refractivity contribution >= 4 is 68.4 Å². The summed E-state index contributed by atoms with van der Waals surface area (Å²) in [5, 5.41) is 3.71. The number of hydrogen-bond acceptors (Lipinski definition) is 3. The van der Waals surface area contributed by atoms with Crippen LogP contribution in [0.4, 0.5) is 0 Å². The van der Waals surface area contributed by atoms with Crippen LogP contribution in [0.3, 0.4) is 0 Å². The average Bonchev–Trinajstić information content (AvgIpc) is 3.35. The summed E-state index contributed by atoms with van der Waals surface area (Å²) in [6.07, 6.45) is 1.88. The first kappa shape index (κ1) is 23.1. The van der Waals surface area contributed by atoms with Crippen molar-refractivity contribution in [3.63, 3.8) is 0 Å². The van der Waals surface area contributed by atoms with Gasteiger partial charge in [-0.3, -0.25) is 0 Å². The number of hydrogen-bond donors (Lipinski definition) is 0. The minimum atomic E-state index is -1.32. The van der Waals surface area contributed by atoms with Gasteiger partial charge in [0.1, 0.15) is 0 Å². The first-order valence-electron chi connectivity index (χ1n) is 13.2. The van der Waals surface area contributed by atoms with Crippen LogP contribution in [-0.2, 0) is 5.41 Å². The van der Waals surface area contributed by atoms with E-state index in [0.29, 0.717) is 0 Å². The van der Waals surface area contributed by atoms with Crippen molar-refractivity contribution in [2.24, 2.45) is 0 Å². The normalized spacial score (nSPS) is 13.1. The van der Waals surface area contributed by atoms with Gasteiger partial charge in [0.2, 0.25) is 0 Å². The third kappa shape index (κ3) is 3.39. The SMILES string of the molecule is CC(C)(C)c1ccc(-c2ccccn2)[c]2c1Oc1ccc3c4ccccc4n4c5ccccc5nc4c3[c]1[Po]2. The van der Waals surface area contributed by atoms with Crippen molar-refractivity contribution in [1.29, 1.82) is 0 Å². The summed E-state index contributed by atoms with van der Waals surface area (Å²) in [5.41, 5.74) is 7.75. The third-order valence-electron chi connectivity index (χ3n) is 7.62. The van der Waals surface area contributed by atoms with Crippen LogP contribution in [0, 0.1) is 0 Å². The number of ether oxygens (including phenoxy) is 1. The quantitative estimate of drug-likeness (QED) is 0.175. The van der Waals surface area contributed by atoms with Gasteiger partial charge in [-0.15, -0.1) is 0 Å². The monoisotopic (exact) mass is 700 g/mol. The Balaban J connectivity index is 1.49. The van der Waals surface area contributed by atoms with Crippen LogP contribution in [0.5, 0.6) is 11.5 Å². The number of aromatic nitrogens is 3. The van der Waals surface area contributed by atoms with Gasteiger partial charge in [0, 0.05) is 0 Å². The summed E-state index contributed by atoms with van der Waals surface area (Å²) in [5.74, 6) is 2.01. The van der Waals surface area contributed by atoms with Crippen LogP contribution in [0.2, 0.25) is 0 Å². The molecule has 0 amide bonds. The van der Waals surface area contributed by atoms with E-state index in [2.05, 4.69) is 110 Å². The first-order chi connectivity index (χ1) is 19.0. The maximum absolute atomic E-state index is 6.92. The summed E-state index contributed by atoms with van der Waals surface area (Å²) in [7, 11) is 0. The standard InChI is InChI=1S/C34H25N3O.Po/c1-34(2,3)27-18-15-22(28-11-8-9-19-35-28)20-32(27)38-23-16-17-24-25-10-4-6-13-30(25)37-31-14-7-5-12-29(31)36-33(37)26(24)21-23;/h4-19H,1-3H3;. The van der Waals surface area contributed by atoms with E-state index in [1.165, 1.54) is 39.2 Å². The molecule has 1 aliphatic heterocycles. The zero-order valence-electron chi connectivity index (χ0n) is 21.9. The Labute approximate surface area is 238 Å². The van der Waals surface area contributed by atoms with E-state index in [9.17, 15) is 0 Å². The molecule has 188 valence electrons. The van der Waals surface area contributed by atoms with Gasteiger partial charge in [-0.25, -0.2) is 0 Å². The Morgan fingerprint density at radius 1 is 0.744 bits per heavy atom. The molecular formula is C34H25N3OPo. The van der Waals surface area contributed by atoms with Crippen LogP contribution in [0.1, 0.15) is 26.3 Å². The average molecular weight is 701 g/mol. The number of nitrogens with zero attached hydrogens (tertiary/aromatic N) is 3. The topological polar surface area (TPSA) is 39.4 Å². The van der Waals surface area contributed by atoms with E-state index in [1.54, 1.807) is 0 Å². The fourth-order valence-corrected chi connectivity index (χ4v) is 10.7. The van der Waals surface area contributed by atoms with Gasteiger partial charge in [-0.2, -0.15) is 0 Å². The number of fused-ring (bicyclic) bond motifs is 11. The Hall–Kier alpha value is -3.80. The Kier molecular flexibility index (Phi) is 4.95. The van der Waals surface area contributed by atoms with Crippen LogP contribution >= 0.6 is 0 Å². The van der Waals surface area contributed by atoms with Gasteiger partial charge in [0.05, 0.1) is 0 Å². The Morgan fingerprint density at radius 2 is 1.54 bits per heavy atom. The predicted molar refractivity (Wildman–Crippen MR) is 161 cm³/mol. The van der Waals surface area contributed by atoms with E-state index in [0.717, 1.165) is 33.9 Å². The van der Waals surface area contributed by atoms with E-state index in [4.69, 9.17) is 14.7 Å². The molecule has 1 aliphatic rings. The molecule has 4 aromatic carbocycles. The second kappa shape index (κ2) is 8.35. The van der Waals surface area contributed by atoms with Crippen molar-refractivity contribution in [3.05, 3.63) is 103 Å². The molecule has 0 fully saturated rings. The molecule has 0 unspecified atom stereocenters. The van der Waals surface area contributed by atoms with E-state index >= 15 is 0 Å². The number of pyridine rings is 2. The molecule has 5 heteroatoms. The second-order valence-electron chi connectivity index (χ2n) is 11.1. The van der Waals surface area contributed by atoms with Crippen molar-refractivity contribution in [2.75, 3.05) is 0 Å². The van der Waals surface area contributed by atoms with Crippen molar-refractivity contribution in [3.8, 4) is 22.8 Å². The molecule has 0 atom stereocenters. The minimum absolute atomic E-state index is 0.0375. The molecule has 0 bridgehead atoms. The van der Waals surface area contributed by atoms with Gasteiger partial charge in [0.15, 0.2) is 0 Å². The van der Waals surface area contributed by atoms with Gasteiger partial charge in [-0.05, 0) is 0 Å². The predicted octanol–water partition coefficient (Wildman–Crippen LogP) is 6.91.